The molecule has 0 aliphatic rings. The molecule has 0 heterocycles. The van der Waals surface area contributed by atoms with Gasteiger partial charge in [0.05, 0.1) is 0 Å². The Balaban J connectivity index is 1.92. The molecule has 0 aromatic heterocycles. The van der Waals surface area contributed by atoms with E-state index in [1.54, 1.807) is 29.4 Å². The van der Waals surface area contributed by atoms with Crippen LogP contribution < -0.4 is 72.0 Å². The molecule has 3 rings (SSSR count). The van der Waals surface area contributed by atoms with Crippen LogP contribution in [0, 0.1) is 0 Å². The molecule has 12 amide bonds. The van der Waals surface area contributed by atoms with Crippen LogP contribution in [0.2, 0.25) is 0 Å². The second-order valence-electron chi connectivity index (χ2n) is 33.5. The second-order valence-corrected chi connectivity index (χ2v) is 33.5. The Morgan fingerprint density at radius 1 is 0.197 bits per heavy atom. The fourth-order valence-corrected chi connectivity index (χ4v) is 14.7. The molecular formula is C96H165N19O12. The highest BCUT2D eigenvalue weighted by molar-refractivity contribution is 5.87. The molecule has 20 N–H and O–H groups in total. The molecule has 0 spiro atoms. The van der Waals surface area contributed by atoms with Crippen molar-refractivity contribution in [3.63, 3.8) is 0 Å². The summed E-state index contributed by atoms with van der Waals surface area (Å²) in [6.45, 7) is 12.4. The molecule has 0 fully saturated rings. The number of rotatable bonds is 79. The first kappa shape index (κ1) is 112. The second kappa shape index (κ2) is 73.9. The van der Waals surface area contributed by atoms with Crippen LogP contribution in [0.5, 0.6) is 0 Å². The number of nitrogens with one attached hydrogen (secondary N) is 6. The van der Waals surface area contributed by atoms with Crippen molar-refractivity contribution in [3.05, 3.63) is 106 Å². The van der Waals surface area contributed by atoms with Crippen molar-refractivity contribution in [1.29, 1.82) is 0 Å². The van der Waals surface area contributed by atoms with Gasteiger partial charge in [0.25, 0.3) is 0 Å². The summed E-state index contributed by atoms with van der Waals surface area (Å²) in [6.07, 6.45) is 24.1. The van der Waals surface area contributed by atoms with Gasteiger partial charge in [0.2, 0.25) is 70.9 Å². The number of carbonyl (C=O) groups excluding carboxylic acids is 12. The zero-order valence-electron chi connectivity index (χ0n) is 77.5. The fourth-order valence-electron chi connectivity index (χ4n) is 14.7. The number of nitrogens with two attached hydrogens (primary N) is 7. The largest absolute Gasteiger partial charge is 0.356 e. The number of carbonyl (C=O) groups is 12. The standard InChI is InChI=1S/C96H165N19O12/c1-2-110(91(122)49-43-85(116)104-62-21-9-3-15-55-97)73-79-31-33-80(34-32-79)74-111(92(123)50-44-86(117)105-63-22-10-4-16-56-98)68-27-28-69-112(93(124)51-45-87(118)106-64-23-11-5-17-57-99)75-81-35-37-82(38-36-81)76-113(94(125)52-46-88(119)107-65-24-12-6-18-58-100)70-29-30-71-114(95(126)53-47-89(120)108-66-25-13-7-19-59-101)77-83-39-41-84(42-40-83)78-115(72-61-103)96(127)54-48-90(121)109-67-26-14-8-20-60-102/h31-42H,2-30,43-78,97-103H2,1H3,(H,104,116)(H,105,117)(H,106,118)(H,107,119)(H,108,120)(H,109,121). The number of amides is 12. The molecular weight excluding hydrogens is 1610 g/mol. The van der Waals surface area contributed by atoms with Gasteiger partial charge in [-0.3, -0.25) is 57.5 Å². The first-order valence-corrected chi connectivity index (χ1v) is 48.1. The summed E-state index contributed by atoms with van der Waals surface area (Å²) < 4.78 is 0. The van der Waals surface area contributed by atoms with Gasteiger partial charge in [-0.2, -0.15) is 0 Å². The van der Waals surface area contributed by atoms with Gasteiger partial charge in [-0.1, -0.05) is 150 Å². The van der Waals surface area contributed by atoms with Crippen LogP contribution in [-0.2, 0) is 96.8 Å². The van der Waals surface area contributed by atoms with Crippen molar-refractivity contribution in [3.8, 4) is 0 Å². The molecule has 0 aliphatic carbocycles. The summed E-state index contributed by atoms with van der Waals surface area (Å²) in [5.74, 6) is -2.39. The monoisotopic (exact) mass is 1780 g/mol. The quantitative estimate of drug-likeness (QED) is 0.0237. The van der Waals surface area contributed by atoms with Crippen molar-refractivity contribution < 1.29 is 57.5 Å². The number of hydrogen-bond donors (Lipinski definition) is 13. The average molecular weight is 1780 g/mol. The summed E-state index contributed by atoms with van der Waals surface area (Å²) in [5.41, 5.74) is 44.9. The highest BCUT2D eigenvalue weighted by Gasteiger charge is 2.24. The van der Waals surface area contributed by atoms with Gasteiger partial charge >= 0.3 is 0 Å². The van der Waals surface area contributed by atoms with E-state index >= 15 is 0 Å². The summed E-state index contributed by atoms with van der Waals surface area (Å²) in [7, 11) is 0. The van der Waals surface area contributed by atoms with Gasteiger partial charge in [0, 0.05) is 201 Å². The van der Waals surface area contributed by atoms with Crippen LogP contribution in [0.3, 0.4) is 0 Å². The van der Waals surface area contributed by atoms with Crippen molar-refractivity contribution in [2.75, 3.05) is 124 Å². The molecule has 3 aromatic carbocycles. The lowest BCUT2D eigenvalue weighted by Crippen LogP contribution is -2.36. The predicted octanol–water partition coefficient (Wildman–Crippen LogP) is 8.09. The molecule has 716 valence electrons. The third kappa shape index (κ3) is 56.2. The Kier molecular flexibility index (Phi) is 65.3. The van der Waals surface area contributed by atoms with Crippen LogP contribution in [0.15, 0.2) is 72.8 Å². The molecule has 0 saturated carbocycles. The molecule has 0 atom stereocenters. The Bertz CT molecular complexity index is 3520. The lowest BCUT2D eigenvalue weighted by molar-refractivity contribution is -0.135. The van der Waals surface area contributed by atoms with Crippen LogP contribution >= 0.6 is 0 Å². The van der Waals surface area contributed by atoms with Gasteiger partial charge in [-0.05, 0) is 182 Å². The fraction of sp³-hybridized carbons (Fsp3) is 0.688. The Labute approximate surface area is 759 Å². The molecule has 127 heavy (non-hydrogen) atoms. The third-order valence-electron chi connectivity index (χ3n) is 22.5. The van der Waals surface area contributed by atoms with Crippen LogP contribution in [0.1, 0.15) is 297 Å². The van der Waals surface area contributed by atoms with Gasteiger partial charge in [0.1, 0.15) is 0 Å². The summed E-state index contributed by atoms with van der Waals surface area (Å²) in [5, 5.41) is 17.7. The molecule has 0 bridgehead atoms. The number of hydrogen-bond acceptors (Lipinski definition) is 19. The highest BCUT2D eigenvalue weighted by atomic mass is 16.2. The van der Waals surface area contributed by atoms with E-state index < -0.39 is 0 Å². The third-order valence-corrected chi connectivity index (χ3v) is 22.5. The topological polar surface area (TPSA) is 479 Å². The van der Waals surface area contributed by atoms with Gasteiger partial charge in [-0.25, -0.2) is 0 Å². The van der Waals surface area contributed by atoms with Crippen molar-refractivity contribution >= 4 is 70.9 Å². The van der Waals surface area contributed by atoms with E-state index in [1.165, 1.54) is 0 Å². The van der Waals surface area contributed by atoms with Gasteiger partial charge in [-0.15, -0.1) is 0 Å². The van der Waals surface area contributed by atoms with Crippen LogP contribution in [-0.4, -0.2) is 225 Å². The summed E-state index contributed by atoms with van der Waals surface area (Å²) >= 11 is 0. The Morgan fingerprint density at radius 2 is 0.354 bits per heavy atom. The van der Waals surface area contributed by atoms with E-state index in [0.29, 0.717) is 150 Å². The first-order chi connectivity index (χ1) is 61.7. The minimum absolute atomic E-state index is 0.00423. The molecule has 0 radical (unpaired) electrons. The highest BCUT2D eigenvalue weighted by Crippen LogP contribution is 2.20. The minimum Gasteiger partial charge on any atom is -0.356 e. The molecule has 0 unspecified atom stereocenters. The van der Waals surface area contributed by atoms with Crippen LogP contribution in [0.4, 0.5) is 0 Å². The van der Waals surface area contributed by atoms with E-state index in [1.807, 2.05) is 79.7 Å². The van der Waals surface area contributed by atoms with Gasteiger partial charge in [0.15, 0.2) is 0 Å². The van der Waals surface area contributed by atoms with Crippen molar-refractivity contribution in [2.24, 2.45) is 40.1 Å². The Hall–Kier alpha value is -8.98. The van der Waals surface area contributed by atoms with E-state index in [2.05, 4.69) is 31.9 Å². The van der Waals surface area contributed by atoms with E-state index in [-0.39, 0.29) is 187 Å². The van der Waals surface area contributed by atoms with Crippen molar-refractivity contribution in [1.82, 2.24) is 61.3 Å². The maximum Gasteiger partial charge on any atom is 0.223 e. The number of benzene rings is 3. The number of nitrogens with zero attached hydrogens (tertiary/aromatic N) is 6. The molecule has 3 aromatic rings. The van der Waals surface area contributed by atoms with E-state index in [4.69, 9.17) is 40.1 Å². The Morgan fingerprint density at radius 3 is 0.520 bits per heavy atom. The van der Waals surface area contributed by atoms with E-state index in [9.17, 15) is 57.5 Å². The van der Waals surface area contributed by atoms with Crippen LogP contribution in [0.25, 0.3) is 0 Å². The number of unbranched alkanes of at least 4 members (excludes halogenated alkanes) is 20. The zero-order chi connectivity index (χ0) is 92.5. The SMILES string of the molecule is CCN(Cc1ccc(CN(CCCCN(Cc2ccc(CN(CCCCN(Cc3ccc(CN(CCN)C(=O)CCC(=O)NCCCCCCN)cc3)C(=O)CCC(=O)NCCCCCCN)C(=O)CCC(=O)NCCCCCCN)cc2)C(=O)CCC(=O)NCCCCCCN)C(=O)CCC(=O)NCCCCCCN)cc1)C(=O)CCC(=O)NCCCCCCN. The maximum atomic E-state index is 14.5. The lowest BCUT2D eigenvalue weighted by atomic mass is 10.1. The smallest absolute Gasteiger partial charge is 0.223 e. The molecule has 0 aliphatic heterocycles. The lowest BCUT2D eigenvalue weighted by Gasteiger charge is -2.26. The minimum atomic E-state index is -0.227. The summed E-state index contributed by atoms with van der Waals surface area (Å²) in [6, 6.07) is 23.1. The van der Waals surface area contributed by atoms with E-state index in [0.717, 1.165) is 187 Å². The summed E-state index contributed by atoms with van der Waals surface area (Å²) in [4.78, 5) is 173. The van der Waals surface area contributed by atoms with Gasteiger partial charge < -0.3 is 101 Å². The average Bonchev–Trinajstić information content (AvgIpc) is 0.871. The molecule has 31 heteroatoms. The predicted molar refractivity (Wildman–Crippen MR) is 504 cm³/mol. The molecule has 31 nitrogen and oxygen atoms in total. The normalized spacial score (nSPS) is 11.1. The molecule has 0 saturated heterocycles. The first-order valence-electron chi connectivity index (χ1n) is 48.1. The van der Waals surface area contributed by atoms with Crippen molar-refractivity contribution in [2.45, 2.75) is 303 Å². The zero-order valence-corrected chi connectivity index (χ0v) is 77.5. The maximum absolute atomic E-state index is 14.5.